The first-order valence-electron chi connectivity index (χ1n) is 6.40. The molecule has 0 heterocycles. The van der Waals surface area contributed by atoms with Gasteiger partial charge in [0.05, 0.1) is 22.9 Å². The van der Waals surface area contributed by atoms with Crippen molar-refractivity contribution < 1.29 is 9.50 Å². The second-order valence-corrected chi connectivity index (χ2v) is 5.53. The van der Waals surface area contributed by atoms with E-state index in [1.165, 1.54) is 12.1 Å². The van der Waals surface area contributed by atoms with Gasteiger partial charge in [0.15, 0.2) is 0 Å². The van der Waals surface area contributed by atoms with E-state index in [1.807, 2.05) is 25.1 Å². The number of hydrogen-bond acceptors (Lipinski definition) is 2. The Bertz CT molecular complexity index is 573. The van der Waals surface area contributed by atoms with E-state index < -0.39 is 5.54 Å². The first kappa shape index (κ1) is 14.8. The molecule has 2 N–H and O–H groups in total. The molecule has 4 heteroatoms. The number of aliphatic hydroxyl groups is 1. The van der Waals surface area contributed by atoms with Crippen LogP contribution in [-0.2, 0) is 6.42 Å². The highest BCUT2D eigenvalue weighted by Crippen LogP contribution is 2.26. The van der Waals surface area contributed by atoms with Crippen LogP contribution in [0.25, 0.3) is 0 Å². The van der Waals surface area contributed by atoms with Crippen LogP contribution in [0.4, 0.5) is 10.1 Å². The highest BCUT2D eigenvalue weighted by atomic mass is 35.5. The van der Waals surface area contributed by atoms with Crippen LogP contribution in [0.5, 0.6) is 0 Å². The van der Waals surface area contributed by atoms with Gasteiger partial charge in [-0.25, -0.2) is 4.39 Å². The van der Waals surface area contributed by atoms with Crippen molar-refractivity contribution >= 4 is 17.3 Å². The molecule has 0 bridgehead atoms. The molecule has 0 radical (unpaired) electrons. The lowest BCUT2D eigenvalue weighted by atomic mass is 9.93. The lowest BCUT2D eigenvalue weighted by molar-refractivity contribution is 0.222. The van der Waals surface area contributed by atoms with Gasteiger partial charge in [-0.15, -0.1) is 0 Å². The van der Waals surface area contributed by atoms with E-state index in [4.69, 9.17) is 11.6 Å². The van der Waals surface area contributed by atoms with E-state index in [2.05, 4.69) is 5.32 Å². The monoisotopic (exact) mass is 293 g/mol. The summed E-state index contributed by atoms with van der Waals surface area (Å²) in [4.78, 5) is 0. The fourth-order valence-corrected chi connectivity index (χ4v) is 2.26. The quantitative estimate of drug-likeness (QED) is 0.877. The summed E-state index contributed by atoms with van der Waals surface area (Å²) in [5.41, 5.74) is 1.15. The van der Waals surface area contributed by atoms with Crippen molar-refractivity contribution in [2.24, 2.45) is 0 Å². The molecule has 2 aromatic rings. The number of rotatable bonds is 5. The van der Waals surface area contributed by atoms with E-state index in [0.717, 1.165) is 11.3 Å². The molecule has 0 amide bonds. The van der Waals surface area contributed by atoms with Crippen LogP contribution in [0.2, 0.25) is 5.02 Å². The smallest absolute Gasteiger partial charge is 0.123 e. The Balaban J connectivity index is 2.17. The molecule has 0 saturated heterocycles. The van der Waals surface area contributed by atoms with Crippen LogP contribution in [0, 0.1) is 5.82 Å². The average molecular weight is 294 g/mol. The Morgan fingerprint density at radius 3 is 2.40 bits per heavy atom. The zero-order valence-corrected chi connectivity index (χ0v) is 12.0. The van der Waals surface area contributed by atoms with E-state index in [-0.39, 0.29) is 12.4 Å². The zero-order valence-electron chi connectivity index (χ0n) is 11.2. The molecule has 0 aliphatic heterocycles. The summed E-state index contributed by atoms with van der Waals surface area (Å²) in [6.07, 6.45) is 0.564. The summed E-state index contributed by atoms with van der Waals surface area (Å²) in [7, 11) is 0. The van der Waals surface area contributed by atoms with Crippen molar-refractivity contribution in [2.75, 3.05) is 11.9 Å². The van der Waals surface area contributed by atoms with Gasteiger partial charge in [0.1, 0.15) is 5.82 Å². The molecule has 106 valence electrons. The maximum absolute atomic E-state index is 12.9. The molecule has 0 aliphatic rings. The third kappa shape index (κ3) is 3.71. The summed E-state index contributed by atoms with van der Waals surface area (Å²) < 4.78 is 12.9. The minimum atomic E-state index is -0.567. The normalized spacial score (nSPS) is 13.8. The molecule has 2 rings (SSSR count). The first-order chi connectivity index (χ1) is 9.52. The summed E-state index contributed by atoms with van der Waals surface area (Å²) in [5.74, 6) is -0.265. The lowest BCUT2D eigenvalue weighted by Crippen LogP contribution is -2.41. The van der Waals surface area contributed by atoms with Crippen molar-refractivity contribution in [3.05, 3.63) is 64.9 Å². The van der Waals surface area contributed by atoms with Gasteiger partial charge in [0, 0.05) is 0 Å². The van der Waals surface area contributed by atoms with Gasteiger partial charge >= 0.3 is 0 Å². The summed E-state index contributed by atoms with van der Waals surface area (Å²) in [6, 6.07) is 13.7. The van der Waals surface area contributed by atoms with Crippen molar-refractivity contribution in [1.29, 1.82) is 0 Å². The standard InChI is InChI=1S/C16H17ClFNO/c1-16(11-20,10-12-6-8-13(18)9-7-12)19-15-5-3-2-4-14(15)17/h2-9,19-20H,10-11H2,1H3. The van der Waals surface area contributed by atoms with Gasteiger partial charge in [0.25, 0.3) is 0 Å². The van der Waals surface area contributed by atoms with Crippen molar-refractivity contribution in [3.8, 4) is 0 Å². The van der Waals surface area contributed by atoms with Crippen molar-refractivity contribution in [2.45, 2.75) is 18.9 Å². The van der Waals surface area contributed by atoms with Crippen LogP contribution in [0.1, 0.15) is 12.5 Å². The van der Waals surface area contributed by atoms with Crippen LogP contribution in [-0.4, -0.2) is 17.3 Å². The molecule has 0 fully saturated rings. The molecule has 0 saturated carbocycles. The molecule has 1 unspecified atom stereocenters. The van der Waals surface area contributed by atoms with Crippen molar-refractivity contribution in [1.82, 2.24) is 0 Å². The number of anilines is 1. The molecular weight excluding hydrogens is 277 g/mol. The number of nitrogens with one attached hydrogen (secondary N) is 1. The van der Waals surface area contributed by atoms with E-state index in [1.54, 1.807) is 18.2 Å². The number of benzene rings is 2. The summed E-state index contributed by atoms with van der Waals surface area (Å²) in [6.45, 7) is 1.84. The van der Waals surface area contributed by atoms with Crippen LogP contribution >= 0.6 is 11.6 Å². The van der Waals surface area contributed by atoms with E-state index in [9.17, 15) is 9.50 Å². The van der Waals surface area contributed by atoms with Gasteiger partial charge in [-0.2, -0.15) is 0 Å². The van der Waals surface area contributed by atoms with E-state index >= 15 is 0 Å². The third-order valence-corrected chi connectivity index (χ3v) is 3.50. The topological polar surface area (TPSA) is 32.3 Å². The molecule has 2 nitrogen and oxygen atoms in total. The molecule has 2 aromatic carbocycles. The Morgan fingerprint density at radius 1 is 1.15 bits per heavy atom. The molecule has 0 aromatic heterocycles. The maximum Gasteiger partial charge on any atom is 0.123 e. The second-order valence-electron chi connectivity index (χ2n) is 5.13. The van der Waals surface area contributed by atoms with Gasteiger partial charge in [0.2, 0.25) is 0 Å². The van der Waals surface area contributed by atoms with Crippen molar-refractivity contribution in [3.63, 3.8) is 0 Å². The van der Waals surface area contributed by atoms with Gasteiger partial charge < -0.3 is 10.4 Å². The molecule has 0 spiro atoms. The maximum atomic E-state index is 12.9. The Hall–Kier alpha value is -1.58. The molecule has 1 atom stereocenters. The SMILES string of the molecule is CC(CO)(Cc1ccc(F)cc1)Nc1ccccc1Cl. The number of hydrogen-bond donors (Lipinski definition) is 2. The Morgan fingerprint density at radius 2 is 1.80 bits per heavy atom. The number of halogens is 2. The zero-order chi connectivity index (χ0) is 14.6. The minimum absolute atomic E-state index is 0.0599. The minimum Gasteiger partial charge on any atom is -0.394 e. The van der Waals surface area contributed by atoms with E-state index in [0.29, 0.717) is 11.4 Å². The highest BCUT2D eigenvalue weighted by molar-refractivity contribution is 6.33. The molecular formula is C16H17ClFNO. The predicted octanol–water partition coefficient (Wildman–Crippen LogP) is 3.88. The fraction of sp³-hybridized carbons (Fsp3) is 0.250. The van der Waals surface area contributed by atoms with Crippen LogP contribution in [0.15, 0.2) is 48.5 Å². The van der Waals surface area contributed by atoms with Gasteiger partial charge in [-0.3, -0.25) is 0 Å². The fourth-order valence-electron chi connectivity index (χ4n) is 2.08. The molecule has 0 aliphatic carbocycles. The number of aliphatic hydroxyl groups excluding tert-OH is 1. The lowest BCUT2D eigenvalue weighted by Gasteiger charge is -2.30. The Labute approximate surface area is 123 Å². The Kier molecular flexibility index (Phi) is 4.63. The highest BCUT2D eigenvalue weighted by Gasteiger charge is 2.24. The van der Waals surface area contributed by atoms with Gasteiger partial charge in [-0.05, 0) is 43.2 Å². The second kappa shape index (κ2) is 6.25. The summed E-state index contributed by atoms with van der Waals surface area (Å²) >= 11 is 6.12. The third-order valence-electron chi connectivity index (χ3n) is 3.17. The predicted molar refractivity (Wildman–Crippen MR) is 80.7 cm³/mol. The van der Waals surface area contributed by atoms with Crippen LogP contribution in [0.3, 0.4) is 0 Å². The first-order valence-corrected chi connectivity index (χ1v) is 6.78. The molecule has 20 heavy (non-hydrogen) atoms. The van der Waals surface area contributed by atoms with Crippen LogP contribution < -0.4 is 5.32 Å². The van der Waals surface area contributed by atoms with Gasteiger partial charge in [-0.1, -0.05) is 35.9 Å². The average Bonchev–Trinajstić information content (AvgIpc) is 2.44. The summed E-state index contributed by atoms with van der Waals surface area (Å²) in [5, 5.41) is 13.5. The largest absolute Gasteiger partial charge is 0.394 e. The number of para-hydroxylation sites is 1.